The highest BCUT2D eigenvalue weighted by Crippen LogP contribution is 2.15. The van der Waals surface area contributed by atoms with Crippen LogP contribution in [-0.4, -0.2) is 42.1 Å². The van der Waals surface area contributed by atoms with Gasteiger partial charge in [-0.1, -0.05) is 0 Å². The fraction of sp³-hybridized carbons (Fsp3) is 0.278. The van der Waals surface area contributed by atoms with Crippen LogP contribution in [0.25, 0.3) is 6.08 Å². The molecule has 28 heavy (non-hydrogen) atoms. The van der Waals surface area contributed by atoms with Crippen LogP contribution in [-0.2, 0) is 19.1 Å². The van der Waals surface area contributed by atoms with Gasteiger partial charge in [-0.15, -0.1) is 0 Å². The summed E-state index contributed by atoms with van der Waals surface area (Å²) in [6.45, 7) is 3.10. The van der Waals surface area contributed by atoms with E-state index < -0.39 is 28.9 Å². The Morgan fingerprint density at radius 3 is 2.54 bits per heavy atom. The molecule has 1 aliphatic heterocycles. The maximum absolute atomic E-state index is 12.1. The standard InChI is InChI=1S/C18H19N3O7/c1-3-27-17(23)16-11(2)19-18(24)20-14(16)10-28-15(22)9-6-12-4-7-13(8-5-12)21(25)26/h4-9,11H,3,10H2,1-2H3,(H2,19,20,24)/b9-6+. The number of nitro groups is 1. The van der Waals surface area contributed by atoms with E-state index in [1.807, 2.05) is 0 Å². The van der Waals surface area contributed by atoms with Crippen molar-refractivity contribution in [1.82, 2.24) is 10.6 Å². The van der Waals surface area contributed by atoms with Gasteiger partial charge in [0.1, 0.15) is 6.61 Å². The number of carbonyl (C=O) groups excluding carboxylic acids is 3. The maximum Gasteiger partial charge on any atom is 0.338 e. The highest BCUT2D eigenvalue weighted by Gasteiger charge is 2.30. The van der Waals surface area contributed by atoms with Crippen molar-refractivity contribution in [3.63, 3.8) is 0 Å². The molecule has 0 saturated carbocycles. The van der Waals surface area contributed by atoms with Gasteiger partial charge in [-0.2, -0.15) is 0 Å². The Balaban J connectivity index is 2.04. The molecule has 0 bridgehead atoms. The molecule has 1 aliphatic rings. The molecule has 148 valence electrons. The minimum atomic E-state index is -0.713. The summed E-state index contributed by atoms with van der Waals surface area (Å²) >= 11 is 0. The molecule has 1 aromatic rings. The van der Waals surface area contributed by atoms with E-state index in [0.717, 1.165) is 6.08 Å². The number of ether oxygens (including phenoxy) is 2. The average molecular weight is 389 g/mol. The van der Waals surface area contributed by atoms with E-state index in [-0.39, 0.29) is 30.2 Å². The summed E-state index contributed by atoms with van der Waals surface area (Å²) in [4.78, 5) is 45.7. The predicted octanol–water partition coefficient (Wildman–Crippen LogP) is 1.67. The van der Waals surface area contributed by atoms with Gasteiger partial charge in [-0.05, 0) is 37.6 Å². The number of urea groups is 1. The minimum Gasteiger partial charge on any atom is -0.463 e. The smallest absolute Gasteiger partial charge is 0.338 e. The Labute approximate surface area is 160 Å². The molecule has 1 unspecified atom stereocenters. The van der Waals surface area contributed by atoms with Crippen molar-refractivity contribution in [3.05, 3.63) is 57.3 Å². The third kappa shape index (κ3) is 5.40. The van der Waals surface area contributed by atoms with Crippen LogP contribution in [0.1, 0.15) is 19.4 Å². The topological polar surface area (TPSA) is 137 Å². The Morgan fingerprint density at radius 2 is 1.93 bits per heavy atom. The predicted molar refractivity (Wildman–Crippen MR) is 97.9 cm³/mol. The van der Waals surface area contributed by atoms with E-state index in [4.69, 9.17) is 9.47 Å². The van der Waals surface area contributed by atoms with Crippen molar-refractivity contribution in [2.45, 2.75) is 19.9 Å². The second-order valence-corrected chi connectivity index (χ2v) is 5.72. The molecule has 2 N–H and O–H groups in total. The summed E-state index contributed by atoms with van der Waals surface area (Å²) < 4.78 is 10.0. The lowest BCUT2D eigenvalue weighted by Gasteiger charge is -2.26. The molecule has 0 radical (unpaired) electrons. The van der Waals surface area contributed by atoms with Crippen LogP contribution in [0.15, 0.2) is 41.6 Å². The van der Waals surface area contributed by atoms with Gasteiger partial charge in [-0.25, -0.2) is 14.4 Å². The number of nitrogens with one attached hydrogen (secondary N) is 2. The summed E-state index contributed by atoms with van der Waals surface area (Å²) in [5, 5.41) is 15.6. The molecular weight excluding hydrogens is 370 g/mol. The quantitative estimate of drug-likeness (QED) is 0.313. The number of rotatable bonds is 7. The maximum atomic E-state index is 12.1. The number of hydrogen-bond acceptors (Lipinski definition) is 7. The Kier molecular flexibility index (Phi) is 6.85. The molecule has 1 aromatic carbocycles. The van der Waals surface area contributed by atoms with Crippen molar-refractivity contribution < 1.29 is 28.8 Å². The number of nitro benzene ring substituents is 1. The molecule has 1 heterocycles. The van der Waals surface area contributed by atoms with Crippen molar-refractivity contribution in [2.75, 3.05) is 13.2 Å². The summed E-state index contributed by atoms with van der Waals surface area (Å²) in [6.07, 6.45) is 2.56. The fourth-order valence-electron chi connectivity index (χ4n) is 2.46. The van der Waals surface area contributed by atoms with Crippen LogP contribution in [0.3, 0.4) is 0 Å². The van der Waals surface area contributed by atoms with Crippen LogP contribution in [0.5, 0.6) is 0 Å². The third-order valence-electron chi connectivity index (χ3n) is 3.74. The summed E-state index contributed by atoms with van der Waals surface area (Å²) in [7, 11) is 0. The Hall–Kier alpha value is -3.69. The van der Waals surface area contributed by atoms with Crippen LogP contribution in [0, 0.1) is 10.1 Å². The second-order valence-electron chi connectivity index (χ2n) is 5.72. The molecule has 1 atom stereocenters. The first-order chi connectivity index (χ1) is 13.3. The van der Waals surface area contributed by atoms with E-state index in [1.165, 1.54) is 30.3 Å². The monoisotopic (exact) mass is 389 g/mol. The lowest BCUT2D eigenvalue weighted by Crippen LogP contribution is -2.50. The van der Waals surface area contributed by atoms with Gasteiger partial charge in [0, 0.05) is 18.2 Å². The lowest BCUT2D eigenvalue weighted by molar-refractivity contribution is -0.384. The van der Waals surface area contributed by atoms with Gasteiger partial charge < -0.3 is 20.1 Å². The van der Waals surface area contributed by atoms with E-state index in [2.05, 4.69) is 10.6 Å². The molecular formula is C18H19N3O7. The van der Waals surface area contributed by atoms with Crippen LogP contribution in [0.4, 0.5) is 10.5 Å². The number of amides is 2. The highest BCUT2D eigenvalue weighted by atomic mass is 16.6. The Bertz CT molecular complexity index is 843. The molecule has 0 spiro atoms. The van der Waals surface area contributed by atoms with E-state index in [9.17, 15) is 24.5 Å². The number of nitrogens with zero attached hydrogens (tertiary/aromatic N) is 1. The van der Waals surface area contributed by atoms with Gasteiger partial charge >= 0.3 is 18.0 Å². The fourth-order valence-corrected chi connectivity index (χ4v) is 2.46. The summed E-state index contributed by atoms with van der Waals surface area (Å²) in [6, 6.07) is 4.47. The zero-order valence-electron chi connectivity index (χ0n) is 15.3. The van der Waals surface area contributed by atoms with Gasteiger partial charge in [0.25, 0.3) is 5.69 Å². The van der Waals surface area contributed by atoms with Crippen LogP contribution < -0.4 is 10.6 Å². The van der Waals surface area contributed by atoms with Gasteiger partial charge in [0.05, 0.1) is 28.8 Å². The molecule has 10 heteroatoms. The first-order valence-corrected chi connectivity index (χ1v) is 8.38. The zero-order chi connectivity index (χ0) is 20.7. The molecule has 0 aliphatic carbocycles. The number of hydrogen-bond donors (Lipinski definition) is 2. The lowest BCUT2D eigenvalue weighted by atomic mass is 10.0. The SMILES string of the molecule is CCOC(=O)C1=C(COC(=O)/C=C/c2ccc([N+](=O)[O-])cc2)NC(=O)NC1C. The zero-order valence-corrected chi connectivity index (χ0v) is 15.3. The summed E-state index contributed by atoms with van der Waals surface area (Å²) in [5.74, 6) is -1.33. The highest BCUT2D eigenvalue weighted by molar-refractivity contribution is 5.95. The van der Waals surface area contributed by atoms with Crippen molar-refractivity contribution >= 4 is 29.7 Å². The second kappa shape index (κ2) is 9.31. The number of carbonyl (C=O) groups is 3. The first kappa shape index (κ1) is 20.6. The molecule has 0 aromatic heterocycles. The number of non-ortho nitro benzene ring substituents is 1. The van der Waals surface area contributed by atoms with Crippen LogP contribution in [0.2, 0.25) is 0 Å². The molecule has 0 saturated heterocycles. The average Bonchev–Trinajstić information content (AvgIpc) is 2.64. The van der Waals surface area contributed by atoms with E-state index in [1.54, 1.807) is 13.8 Å². The third-order valence-corrected chi connectivity index (χ3v) is 3.74. The van der Waals surface area contributed by atoms with E-state index >= 15 is 0 Å². The number of esters is 2. The van der Waals surface area contributed by atoms with E-state index in [0.29, 0.717) is 5.56 Å². The van der Waals surface area contributed by atoms with Gasteiger partial charge in [0.2, 0.25) is 0 Å². The normalized spacial score (nSPS) is 16.4. The van der Waals surface area contributed by atoms with Gasteiger partial charge in [0.15, 0.2) is 0 Å². The Morgan fingerprint density at radius 1 is 1.25 bits per heavy atom. The molecule has 10 nitrogen and oxygen atoms in total. The number of benzene rings is 1. The van der Waals surface area contributed by atoms with Crippen molar-refractivity contribution in [1.29, 1.82) is 0 Å². The van der Waals surface area contributed by atoms with Crippen LogP contribution >= 0.6 is 0 Å². The molecule has 2 rings (SSSR count). The van der Waals surface area contributed by atoms with Crippen molar-refractivity contribution in [3.8, 4) is 0 Å². The summed E-state index contributed by atoms with van der Waals surface area (Å²) in [5.41, 5.74) is 0.826. The first-order valence-electron chi connectivity index (χ1n) is 8.38. The van der Waals surface area contributed by atoms with Gasteiger partial charge in [-0.3, -0.25) is 10.1 Å². The molecule has 0 fully saturated rings. The molecule has 2 amide bonds. The minimum absolute atomic E-state index is 0.0612. The largest absolute Gasteiger partial charge is 0.463 e. The van der Waals surface area contributed by atoms with Crippen molar-refractivity contribution in [2.24, 2.45) is 0 Å².